The van der Waals surface area contributed by atoms with Crippen LogP contribution in [-0.4, -0.2) is 122 Å². The molecule has 5 aliphatic heterocycles. The molecule has 3 aromatic heterocycles. The number of nitrogens with zero attached hydrogens (tertiary/aromatic N) is 8. The molecule has 65 heavy (non-hydrogen) atoms. The summed E-state index contributed by atoms with van der Waals surface area (Å²) >= 11 is 0. The molecule has 2 aliphatic carbocycles. The molecule has 2 bridgehead atoms. The molecule has 4 saturated heterocycles. The van der Waals surface area contributed by atoms with Crippen molar-refractivity contribution >= 4 is 57.8 Å². The van der Waals surface area contributed by atoms with E-state index in [4.69, 9.17) is 9.72 Å². The lowest BCUT2D eigenvalue weighted by Gasteiger charge is -2.53. The number of anilines is 3. The van der Waals surface area contributed by atoms with Crippen molar-refractivity contribution in [1.29, 1.82) is 0 Å². The van der Waals surface area contributed by atoms with Crippen molar-refractivity contribution in [2.75, 3.05) is 54.9 Å². The molecule has 19 heteroatoms. The number of aromatic nitrogens is 5. The van der Waals surface area contributed by atoms with E-state index in [1.54, 1.807) is 28.9 Å². The van der Waals surface area contributed by atoms with E-state index in [1.165, 1.54) is 12.4 Å². The highest BCUT2D eigenvalue weighted by molar-refractivity contribution is 6.25. The molecular weight excluding hydrogens is 841 g/mol. The van der Waals surface area contributed by atoms with E-state index in [9.17, 15) is 32.8 Å². The second-order valence-corrected chi connectivity index (χ2v) is 19.3. The third-order valence-electron chi connectivity index (χ3n) is 15.2. The van der Waals surface area contributed by atoms with E-state index in [2.05, 4.69) is 41.0 Å². The predicted molar refractivity (Wildman–Crippen MR) is 231 cm³/mol. The molecule has 17 nitrogen and oxygen atoms in total. The SMILES string of the molecule is O=C1CCC(N2C(=O)c3cccc(NCC4CC5(CCN(C[C@H]6CC[C@H](n7cc(NC(=O)c8cnnc9ccc(N%10C[C@H]%11CC%10CO%11)nc89)c(C(F)F)n7)CC6)CC5)C4)c3C2=O)C(=O)N1. The number of piperidine rings is 2. The average Bonchev–Trinajstić information content (AvgIpc) is 4.10. The Morgan fingerprint density at radius 3 is 2.51 bits per heavy atom. The minimum absolute atomic E-state index is 0.0213. The minimum atomic E-state index is -2.88. The van der Waals surface area contributed by atoms with Crippen molar-refractivity contribution in [3.05, 3.63) is 65.1 Å². The number of ether oxygens (including phenoxy) is 1. The third kappa shape index (κ3) is 7.68. The summed E-state index contributed by atoms with van der Waals surface area (Å²) in [6.07, 6.45) is 9.26. The molecule has 5 amide bonds. The van der Waals surface area contributed by atoms with Gasteiger partial charge in [-0.3, -0.25) is 38.9 Å². The van der Waals surface area contributed by atoms with Crippen LogP contribution in [0.3, 0.4) is 0 Å². The fourth-order valence-electron chi connectivity index (χ4n) is 11.8. The lowest BCUT2D eigenvalue weighted by Crippen LogP contribution is -2.54. The third-order valence-corrected chi connectivity index (χ3v) is 15.2. The van der Waals surface area contributed by atoms with Gasteiger partial charge in [0.1, 0.15) is 22.9 Å². The van der Waals surface area contributed by atoms with Crippen LogP contribution in [0.5, 0.6) is 0 Å². The van der Waals surface area contributed by atoms with E-state index in [-0.39, 0.29) is 53.4 Å². The highest BCUT2D eigenvalue weighted by Gasteiger charge is 2.48. The summed E-state index contributed by atoms with van der Waals surface area (Å²) in [6, 6.07) is 7.97. The predicted octanol–water partition coefficient (Wildman–Crippen LogP) is 5.13. The number of halogens is 2. The lowest BCUT2D eigenvalue weighted by atomic mass is 9.57. The molecule has 6 fully saturated rings. The number of hydrogen-bond acceptors (Lipinski definition) is 13. The standard InChI is InChI=1S/C46H51F2N11O6/c47-41(48)40-34(51-42(61)31-20-50-54-33-8-10-36(52-39(31)33)57-22-29-16-28(57)24-65-29)23-58(55-40)27-6-4-25(5-7-27)21-56-14-12-46(13-15-56)17-26(18-46)19-49-32-3-1-2-30-38(32)45(64)59(44(30)63)35-9-11-37(60)53-43(35)62/h1-3,8,10,20,23,25-29,35,41,49H,4-7,9,11-19,21-22,24H2,(H,51,61)(H,53,60,62)/t25-,27-,28?,29-,35?/m1/s1. The zero-order valence-corrected chi connectivity index (χ0v) is 35.9. The summed E-state index contributed by atoms with van der Waals surface area (Å²) in [6.45, 7) is 5.11. The molecule has 340 valence electrons. The summed E-state index contributed by atoms with van der Waals surface area (Å²) in [5.74, 6) is -0.983. The van der Waals surface area contributed by atoms with Crippen LogP contribution in [-0.2, 0) is 14.3 Å². The fourth-order valence-corrected chi connectivity index (χ4v) is 11.8. The van der Waals surface area contributed by atoms with Gasteiger partial charge in [-0.05, 0) is 119 Å². The zero-order chi connectivity index (χ0) is 44.6. The zero-order valence-electron chi connectivity index (χ0n) is 35.9. The Morgan fingerprint density at radius 2 is 1.77 bits per heavy atom. The molecule has 4 aromatic rings. The molecular formula is C46H51F2N11O6. The Labute approximate surface area is 373 Å². The summed E-state index contributed by atoms with van der Waals surface area (Å²) in [5, 5.41) is 20.8. The highest BCUT2D eigenvalue weighted by atomic mass is 19.3. The molecule has 1 spiro atoms. The minimum Gasteiger partial charge on any atom is -0.384 e. The van der Waals surface area contributed by atoms with Crippen LogP contribution >= 0.6 is 0 Å². The average molecular weight is 892 g/mol. The monoisotopic (exact) mass is 891 g/mol. The Balaban J connectivity index is 0.651. The smallest absolute Gasteiger partial charge is 0.284 e. The van der Waals surface area contributed by atoms with Gasteiger partial charge in [-0.1, -0.05) is 6.07 Å². The number of pyridine rings is 1. The second-order valence-electron chi connectivity index (χ2n) is 19.3. The number of carbonyl (C=O) groups excluding carboxylic acids is 5. The molecule has 0 radical (unpaired) electrons. The summed E-state index contributed by atoms with van der Waals surface area (Å²) in [4.78, 5) is 75.2. The molecule has 2 unspecified atom stereocenters. The molecule has 2 saturated carbocycles. The van der Waals surface area contributed by atoms with Crippen LogP contribution in [0.2, 0.25) is 0 Å². The van der Waals surface area contributed by atoms with Crippen LogP contribution in [0.15, 0.2) is 42.7 Å². The van der Waals surface area contributed by atoms with Crippen molar-refractivity contribution in [2.45, 2.75) is 101 Å². The number of alkyl halides is 2. The normalized spacial score (nSPS) is 26.6. The largest absolute Gasteiger partial charge is 0.384 e. The lowest BCUT2D eigenvalue weighted by molar-refractivity contribution is -0.136. The van der Waals surface area contributed by atoms with Crippen molar-refractivity contribution in [3.63, 3.8) is 0 Å². The Morgan fingerprint density at radius 1 is 0.954 bits per heavy atom. The Bertz CT molecular complexity index is 2580. The van der Waals surface area contributed by atoms with Crippen molar-refractivity contribution in [2.24, 2.45) is 17.3 Å². The summed E-state index contributed by atoms with van der Waals surface area (Å²) in [5.41, 5.74) is 1.92. The Kier molecular flexibility index (Phi) is 10.6. The van der Waals surface area contributed by atoms with Gasteiger partial charge in [0.05, 0.1) is 53.4 Å². The van der Waals surface area contributed by atoms with Gasteiger partial charge in [-0.15, -0.1) is 5.10 Å². The number of benzene rings is 1. The number of rotatable bonds is 11. The van der Waals surface area contributed by atoms with E-state index in [0.29, 0.717) is 52.9 Å². The maximum atomic E-state index is 14.4. The van der Waals surface area contributed by atoms with Gasteiger partial charge < -0.3 is 25.2 Å². The van der Waals surface area contributed by atoms with Crippen LogP contribution in [0, 0.1) is 17.3 Å². The highest BCUT2D eigenvalue weighted by Crippen LogP contribution is 2.53. The Hall–Kier alpha value is -5.95. The molecule has 1 aromatic carbocycles. The number of imide groups is 2. The van der Waals surface area contributed by atoms with Gasteiger partial charge in [0.25, 0.3) is 24.1 Å². The van der Waals surface area contributed by atoms with Crippen molar-refractivity contribution in [3.8, 4) is 0 Å². The summed E-state index contributed by atoms with van der Waals surface area (Å²) < 4.78 is 36.1. The van der Waals surface area contributed by atoms with Crippen molar-refractivity contribution < 1.29 is 37.5 Å². The number of fused-ring (bicyclic) bond motifs is 4. The second kappa shape index (κ2) is 16.5. The van der Waals surface area contributed by atoms with Gasteiger partial charge >= 0.3 is 0 Å². The van der Waals surface area contributed by atoms with Gasteiger partial charge in [-0.25, -0.2) is 13.8 Å². The maximum Gasteiger partial charge on any atom is 0.284 e. The number of amides is 5. The number of carbonyl (C=O) groups is 5. The van der Waals surface area contributed by atoms with Crippen LogP contribution in [0.25, 0.3) is 11.0 Å². The molecule has 8 heterocycles. The maximum absolute atomic E-state index is 14.4. The number of morpholine rings is 1. The topological polar surface area (TPSA) is 197 Å². The van der Waals surface area contributed by atoms with Gasteiger partial charge in [0, 0.05) is 37.9 Å². The van der Waals surface area contributed by atoms with E-state index in [1.807, 2.05) is 6.07 Å². The number of hydrogen-bond donors (Lipinski definition) is 3. The first kappa shape index (κ1) is 41.7. The quantitative estimate of drug-likeness (QED) is 0.168. The number of likely N-dealkylation sites (tertiary alicyclic amines) is 1. The molecule has 3 N–H and O–H groups in total. The van der Waals surface area contributed by atoms with Crippen LogP contribution < -0.4 is 20.9 Å². The first-order valence-corrected chi connectivity index (χ1v) is 23.0. The van der Waals surface area contributed by atoms with E-state index < -0.39 is 47.7 Å². The van der Waals surface area contributed by atoms with Gasteiger partial charge in [0.15, 0.2) is 5.69 Å². The van der Waals surface area contributed by atoms with Gasteiger partial charge in [-0.2, -0.15) is 10.2 Å². The molecule has 7 aliphatic rings. The van der Waals surface area contributed by atoms with E-state index in [0.717, 1.165) is 88.9 Å². The summed E-state index contributed by atoms with van der Waals surface area (Å²) in [7, 11) is 0. The first-order valence-electron chi connectivity index (χ1n) is 23.0. The van der Waals surface area contributed by atoms with Gasteiger partial charge in [0.2, 0.25) is 11.8 Å². The fraction of sp³-hybridized carbons (Fsp3) is 0.543. The first-order chi connectivity index (χ1) is 31.5. The van der Waals surface area contributed by atoms with Crippen molar-refractivity contribution in [1.82, 2.24) is 40.1 Å². The van der Waals surface area contributed by atoms with Crippen LogP contribution in [0.1, 0.15) is 120 Å². The molecule has 3 atom stereocenters. The molecule has 11 rings (SSSR count). The number of nitrogens with one attached hydrogen (secondary N) is 3. The van der Waals surface area contributed by atoms with E-state index >= 15 is 0 Å². The van der Waals surface area contributed by atoms with Crippen LogP contribution in [0.4, 0.5) is 26.0 Å².